The van der Waals surface area contributed by atoms with Crippen LogP contribution in [0.3, 0.4) is 0 Å². The third kappa shape index (κ3) is 2.18. The Labute approximate surface area is 103 Å². The molecular formula is C15H19NO. The molecule has 0 aliphatic heterocycles. The lowest BCUT2D eigenvalue weighted by atomic mass is 9.86. The molecule has 0 aromatic heterocycles. The number of aryl methyl sites for hydroxylation is 2. The van der Waals surface area contributed by atoms with E-state index in [1.807, 2.05) is 0 Å². The van der Waals surface area contributed by atoms with Crippen molar-refractivity contribution in [2.45, 2.75) is 51.5 Å². The Hall–Kier alpha value is -1.40. The molecule has 1 aliphatic carbocycles. The Bertz CT molecular complexity index is 452. The number of isocyanates is 1. The fraction of sp³-hybridized carbons (Fsp3) is 0.533. The van der Waals surface area contributed by atoms with Crippen LogP contribution in [0.25, 0.3) is 0 Å². The van der Waals surface area contributed by atoms with E-state index in [1.165, 1.54) is 16.7 Å². The van der Waals surface area contributed by atoms with E-state index in [1.54, 1.807) is 6.08 Å². The van der Waals surface area contributed by atoms with Gasteiger partial charge in [-0.15, -0.1) is 0 Å². The van der Waals surface area contributed by atoms with Crippen LogP contribution in [0.1, 0.15) is 49.3 Å². The molecule has 0 heterocycles. The Kier molecular flexibility index (Phi) is 3.44. The normalized spacial score (nSPS) is 17.8. The fourth-order valence-electron chi connectivity index (χ4n) is 2.85. The molecule has 17 heavy (non-hydrogen) atoms. The van der Waals surface area contributed by atoms with Gasteiger partial charge in [-0.3, -0.25) is 0 Å². The Balaban J connectivity index is 2.46. The van der Waals surface area contributed by atoms with Gasteiger partial charge in [0, 0.05) is 0 Å². The third-order valence-electron chi connectivity index (χ3n) is 3.96. The second-order valence-electron chi connectivity index (χ2n) is 4.94. The average molecular weight is 229 g/mol. The topological polar surface area (TPSA) is 29.4 Å². The molecule has 0 radical (unpaired) electrons. The Morgan fingerprint density at radius 3 is 2.65 bits per heavy atom. The van der Waals surface area contributed by atoms with Gasteiger partial charge in [0.2, 0.25) is 6.08 Å². The maximum Gasteiger partial charge on any atom is 0.235 e. The second-order valence-corrected chi connectivity index (χ2v) is 4.94. The average Bonchev–Trinajstić information content (AvgIpc) is 2.80. The maximum atomic E-state index is 10.7. The summed E-state index contributed by atoms with van der Waals surface area (Å²) in [4.78, 5) is 14.8. The molecule has 1 aromatic carbocycles. The molecule has 2 nitrogen and oxygen atoms in total. The Morgan fingerprint density at radius 2 is 2.06 bits per heavy atom. The zero-order chi connectivity index (χ0) is 12.3. The van der Waals surface area contributed by atoms with Gasteiger partial charge in [-0.1, -0.05) is 38.0 Å². The summed E-state index contributed by atoms with van der Waals surface area (Å²) in [5, 5.41) is 0. The standard InChI is InChI=1S/C15H19NO/c1-3-13-10-14(7-6-12(13)2)15(16-11-17)8-4-5-9-15/h6-7,10H,3-5,8-9H2,1-2H3. The number of hydrogen-bond donors (Lipinski definition) is 0. The highest BCUT2D eigenvalue weighted by Gasteiger charge is 2.35. The van der Waals surface area contributed by atoms with Crippen LogP contribution in [0, 0.1) is 6.92 Å². The molecule has 2 rings (SSSR count). The van der Waals surface area contributed by atoms with Crippen LogP contribution >= 0.6 is 0 Å². The van der Waals surface area contributed by atoms with E-state index in [2.05, 4.69) is 37.0 Å². The molecular weight excluding hydrogens is 210 g/mol. The van der Waals surface area contributed by atoms with Gasteiger partial charge in [0.1, 0.15) is 0 Å². The minimum absolute atomic E-state index is 0.278. The molecule has 90 valence electrons. The third-order valence-corrected chi connectivity index (χ3v) is 3.96. The summed E-state index contributed by atoms with van der Waals surface area (Å²) >= 11 is 0. The first-order valence-corrected chi connectivity index (χ1v) is 6.41. The van der Waals surface area contributed by atoms with Crippen LogP contribution in [-0.4, -0.2) is 6.08 Å². The van der Waals surface area contributed by atoms with E-state index in [-0.39, 0.29) is 5.54 Å². The number of hydrogen-bond acceptors (Lipinski definition) is 2. The predicted octanol–water partition coefficient (Wildman–Crippen LogP) is 3.66. The molecule has 0 amide bonds. The number of benzene rings is 1. The lowest BCUT2D eigenvalue weighted by molar-refractivity contribution is 0.455. The molecule has 1 aromatic rings. The van der Waals surface area contributed by atoms with Crippen molar-refractivity contribution in [1.82, 2.24) is 0 Å². The molecule has 1 fully saturated rings. The SMILES string of the molecule is CCc1cc(C2(N=C=O)CCCC2)ccc1C. The summed E-state index contributed by atoms with van der Waals surface area (Å²) in [6.07, 6.45) is 7.07. The number of aliphatic imine (C=N–C) groups is 1. The highest BCUT2D eigenvalue weighted by atomic mass is 16.1. The minimum atomic E-state index is -0.278. The molecule has 1 aliphatic rings. The maximum absolute atomic E-state index is 10.7. The van der Waals surface area contributed by atoms with Crippen molar-refractivity contribution in [2.75, 3.05) is 0 Å². The molecule has 0 unspecified atom stereocenters. The molecule has 0 bridgehead atoms. The summed E-state index contributed by atoms with van der Waals surface area (Å²) in [5.74, 6) is 0. The predicted molar refractivity (Wildman–Crippen MR) is 68.8 cm³/mol. The summed E-state index contributed by atoms with van der Waals surface area (Å²) < 4.78 is 0. The zero-order valence-electron chi connectivity index (χ0n) is 10.6. The van der Waals surface area contributed by atoms with Crippen molar-refractivity contribution in [3.8, 4) is 0 Å². The number of nitrogens with zero attached hydrogens (tertiary/aromatic N) is 1. The molecule has 1 saturated carbocycles. The highest BCUT2D eigenvalue weighted by molar-refractivity contribution is 5.41. The van der Waals surface area contributed by atoms with Crippen molar-refractivity contribution >= 4 is 6.08 Å². The summed E-state index contributed by atoms with van der Waals surface area (Å²) in [5.41, 5.74) is 3.59. The monoisotopic (exact) mass is 229 g/mol. The quantitative estimate of drug-likeness (QED) is 0.574. The molecule has 0 atom stereocenters. The van der Waals surface area contributed by atoms with Crippen LogP contribution < -0.4 is 0 Å². The fourth-order valence-corrected chi connectivity index (χ4v) is 2.85. The van der Waals surface area contributed by atoms with E-state index in [0.717, 1.165) is 32.1 Å². The molecule has 2 heteroatoms. The van der Waals surface area contributed by atoms with Gasteiger partial charge in [0.25, 0.3) is 0 Å². The van der Waals surface area contributed by atoms with Crippen LogP contribution in [0.4, 0.5) is 0 Å². The van der Waals surface area contributed by atoms with Crippen molar-refractivity contribution < 1.29 is 4.79 Å². The van der Waals surface area contributed by atoms with Gasteiger partial charge in [0.05, 0.1) is 5.54 Å². The summed E-state index contributed by atoms with van der Waals surface area (Å²) in [6, 6.07) is 6.50. The van der Waals surface area contributed by atoms with Crippen LogP contribution in [-0.2, 0) is 16.8 Å². The van der Waals surface area contributed by atoms with Crippen LogP contribution in [0.15, 0.2) is 23.2 Å². The van der Waals surface area contributed by atoms with E-state index >= 15 is 0 Å². The first-order chi connectivity index (χ1) is 8.22. The van der Waals surface area contributed by atoms with Crippen LogP contribution in [0.5, 0.6) is 0 Å². The lowest BCUT2D eigenvalue weighted by Crippen LogP contribution is -2.19. The largest absolute Gasteiger partial charge is 0.235 e. The van der Waals surface area contributed by atoms with Gasteiger partial charge in [0.15, 0.2) is 0 Å². The van der Waals surface area contributed by atoms with Crippen molar-refractivity contribution in [3.63, 3.8) is 0 Å². The first-order valence-electron chi connectivity index (χ1n) is 6.41. The van der Waals surface area contributed by atoms with E-state index in [4.69, 9.17) is 0 Å². The second kappa shape index (κ2) is 4.85. The summed E-state index contributed by atoms with van der Waals surface area (Å²) in [7, 11) is 0. The van der Waals surface area contributed by atoms with E-state index in [9.17, 15) is 4.79 Å². The zero-order valence-corrected chi connectivity index (χ0v) is 10.6. The van der Waals surface area contributed by atoms with E-state index < -0.39 is 0 Å². The van der Waals surface area contributed by atoms with Gasteiger partial charge >= 0.3 is 0 Å². The van der Waals surface area contributed by atoms with Crippen molar-refractivity contribution in [1.29, 1.82) is 0 Å². The molecule has 0 saturated heterocycles. The van der Waals surface area contributed by atoms with Gasteiger partial charge in [-0.2, -0.15) is 4.99 Å². The number of carbonyl (C=O) groups excluding carboxylic acids is 1. The number of rotatable bonds is 3. The first kappa shape index (κ1) is 12.1. The van der Waals surface area contributed by atoms with Crippen molar-refractivity contribution in [3.05, 3.63) is 34.9 Å². The molecule has 0 spiro atoms. The van der Waals surface area contributed by atoms with Gasteiger partial charge in [-0.25, -0.2) is 4.79 Å². The van der Waals surface area contributed by atoms with E-state index in [0.29, 0.717) is 0 Å². The smallest absolute Gasteiger partial charge is 0.211 e. The van der Waals surface area contributed by atoms with Crippen molar-refractivity contribution in [2.24, 2.45) is 4.99 Å². The van der Waals surface area contributed by atoms with Gasteiger partial charge < -0.3 is 0 Å². The summed E-state index contributed by atoms with van der Waals surface area (Å²) in [6.45, 7) is 4.29. The molecule has 0 N–H and O–H groups in total. The lowest BCUT2D eigenvalue weighted by Gasteiger charge is -2.24. The highest BCUT2D eigenvalue weighted by Crippen LogP contribution is 2.42. The Morgan fingerprint density at radius 1 is 1.35 bits per heavy atom. The minimum Gasteiger partial charge on any atom is -0.211 e. The van der Waals surface area contributed by atoms with Crippen LogP contribution in [0.2, 0.25) is 0 Å². The van der Waals surface area contributed by atoms with Gasteiger partial charge in [-0.05, 0) is 42.9 Å².